The lowest BCUT2D eigenvalue weighted by Crippen LogP contribution is -2.57. The van der Waals surface area contributed by atoms with E-state index in [-0.39, 0.29) is 28.6 Å². The van der Waals surface area contributed by atoms with E-state index in [0.717, 1.165) is 31.9 Å². The van der Waals surface area contributed by atoms with Crippen molar-refractivity contribution in [2.75, 3.05) is 0 Å². The highest BCUT2D eigenvalue weighted by Crippen LogP contribution is 2.65. The van der Waals surface area contributed by atoms with Crippen LogP contribution in [-0.2, 0) is 4.79 Å². The number of ketones is 1. The largest absolute Gasteiger partial charge is 0.515 e. The summed E-state index contributed by atoms with van der Waals surface area (Å²) in [5.41, 5.74) is 1.05. The molecule has 0 heterocycles. The van der Waals surface area contributed by atoms with Crippen molar-refractivity contribution in [3.8, 4) is 0 Å². The van der Waals surface area contributed by atoms with Crippen LogP contribution in [0, 0.1) is 22.2 Å². The van der Waals surface area contributed by atoms with Gasteiger partial charge in [0, 0.05) is 16.4 Å². The summed E-state index contributed by atoms with van der Waals surface area (Å²) in [6, 6.07) is 0. The Kier molecular flexibility index (Phi) is 3.38. The van der Waals surface area contributed by atoms with Crippen molar-refractivity contribution in [3.63, 3.8) is 0 Å². The number of aliphatic hydroxyl groups excluding tert-OH is 2. The summed E-state index contributed by atoms with van der Waals surface area (Å²) in [5.74, 6) is 0.346. The summed E-state index contributed by atoms with van der Waals surface area (Å²) in [5, 5.41) is 20.2. The zero-order valence-electron chi connectivity index (χ0n) is 14.1. The van der Waals surface area contributed by atoms with Gasteiger partial charge in [0.2, 0.25) is 0 Å². The van der Waals surface area contributed by atoms with Crippen molar-refractivity contribution in [3.05, 3.63) is 23.5 Å². The van der Waals surface area contributed by atoms with E-state index < -0.39 is 5.41 Å². The standard InChI is InChI=1S/C19H28O3/c1-17(2)13-8-9-18(3)14(6-5-7-15(18)21)19(13,4)10-12(11-20)16(17)22/h6,11,13,15,20-21H,5,7-10H2,1-4H3/b12-11-/t13-,15+,18?,19-/m0/s1. The molecule has 0 aliphatic heterocycles. The average molecular weight is 304 g/mol. The summed E-state index contributed by atoms with van der Waals surface area (Å²) >= 11 is 0. The Hall–Kier alpha value is -1.09. The van der Waals surface area contributed by atoms with Gasteiger partial charge in [0.25, 0.3) is 0 Å². The van der Waals surface area contributed by atoms with E-state index in [1.54, 1.807) is 0 Å². The molecule has 0 aromatic heterocycles. The Bertz CT molecular complexity index is 571. The Balaban J connectivity index is 2.15. The van der Waals surface area contributed by atoms with Gasteiger partial charge in [-0.1, -0.05) is 39.3 Å². The number of allylic oxidation sites excluding steroid dienone is 2. The van der Waals surface area contributed by atoms with Crippen molar-refractivity contribution in [1.82, 2.24) is 0 Å². The van der Waals surface area contributed by atoms with Crippen molar-refractivity contribution in [2.24, 2.45) is 22.2 Å². The third-order valence-corrected chi connectivity index (χ3v) is 6.94. The highest BCUT2D eigenvalue weighted by Gasteiger charge is 2.61. The molecule has 0 radical (unpaired) electrons. The number of carbonyl (C=O) groups is 1. The Morgan fingerprint density at radius 1 is 1.18 bits per heavy atom. The van der Waals surface area contributed by atoms with Crippen molar-refractivity contribution < 1.29 is 15.0 Å². The third-order valence-electron chi connectivity index (χ3n) is 6.94. The zero-order valence-corrected chi connectivity index (χ0v) is 14.1. The molecule has 0 saturated heterocycles. The molecule has 2 N–H and O–H groups in total. The van der Waals surface area contributed by atoms with Crippen LogP contribution >= 0.6 is 0 Å². The van der Waals surface area contributed by atoms with Gasteiger partial charge in [-0.3, -0.25) is 4.79 Å². The van der Waals surface area contributed by atoms with Crippen LogP contribution in [0.25, 0.3) is 0 Å². The SMILES string of the molecule is CC1(C)C(=O)/C(=C\O)C[C@]2(C)C3=CCC[C@@H](O)C3(C)CC[C@@H]12. The molecule has 3 rings (SSSR count). The van der Waals surface area contributed by atoms with Crippen LogP contribution in [0.5, 0.6) is 0 Å². The van der Waals surface area contributed by atoms with Gasteiger partial charge in [-0.2, -0.15) is 0 Å². The van der Waals surface area contributed by atoms with E-state index in [2.05, 4.69) is 19.9 Å². The van der Waals surface area contributed by atoms with Gasteiger partial charge in [0.15, 0.2) is 5.78 Å². The highest BCUT2D eigenvalue weighted by atomic mass is 16.3. The molecule has 3 aliphatic rings. The zero-order chi connectivity index (χ0) is 16.3. The first-order chi connectivity index (χ1) is 10.2. The third kappa shape index (κ3) is 1.81. The molecule has 3 aliphatic carbocycles. The molecular formula is C19H28O3. The normalized spacial score (nSPS) is 46.0. The van der Waals surface area contributed by atoms with E-state index >= 15 is 0 Å². The van der Waals surface area contributed by atoms with Gasteiger partial charge in [-0.15, -0.1) is 0 Å². The monoisotopic (exact) mass is 304 g/mol. The second kappa shape index (κ2) is 4.70. The number of hydrogen-bond acceptors (Lipinski definition) is 3. The minimum Gasteiger partial charge on any atom is -0.515 e. The van der Waals surface area contributed by atoms with Gasteiger partial charge in [-0.25, -0.2) is 0 Å². The van der Waals surface area contributed by atoms with E-state index in [1.807, 2.05) is 13.8 Å². The maximum Gasteiger partial charge on any atom is 0.167 e. The molecule has 3 heteroatoms. The fraction of sp³-hybridized carbons (Fsp3) is 0.737. The van der Waals surface area contributed by atoms with E-state index in [9.17, 15) is 15.0 Å². The number of aliphatic hydroxyl groups is 2. The quantitative estimate of drug-likeness (QED) is 0.405. The molecule has 1 unspecified atom stereocenters. The predicted octanol–water partition coefficient (Wildman–Crippen LogP) is 3.93. The van der Waals surface area contributed by atoms with Crippen molar-refractivity contribution in [2.45, 2.75) is 65.9 Å². The minimum atomic E-state index is -0.466. The Labute approximate surface area is 133 Å². The van der Waals surface area contributed by atoms with Gasteiger partial charge in [0.05, 0.1) is 12.4 Å². The second-order valence-corrected chi connectivity index (χ2v) is 8.52. The number of hydrogen-bond donors (Lipinski definition) is 2. The van der Waals surface area contributed by atoms with Crippen LogP contribution in [0.2, 0.25) is 0 Å². The molecule has 0 aromatic carbocycles. The fourth-order valence-corrected chi connectivity index (χ4v) is 5.78. The summed E-state index contributed by atoms with van der Waals surface area (Å²) < 4.78 is 0. The Morgan fingerprint density at radius 2 is 1.86 bits per heavy atom. The first kappa shape index (κ1) is 15.8. The molecule has 122 valence electrons. The molecule has 22 heavy (non-hydrogen) atoms. The van der Waals surface area contributed by atoms with E-state index in [1.165, 1.54) is 5.57 Å². The lowest BCUT2D eigenvalue weighted by atomic mass is 9.43. The minimum absolute atomic E-state index is 0.0815. The second-order valence-electron chi connectivity index (χ2n) is 8.52. The molecule has 2 saturated carbocycles. The maximum atomic E-state index is 12.7. The smallest absolute Gasteiger partial charge is 0.167 e. The van der Waals surface area contributed by atoms with Crippen LogP contribution in [0.15, 0.2) is 23.5 Å². The topological polar surface area (TPSA) is 57.5 Å². The molecule has 0 bridgehead atoms. The summed E-state index contributed by atoms with van der Waals surface area (Å²) in [7, 11) is 0. The van der Waals surface area contributed by atoms with Crippen LogP contribution in [0.3, 0.4) is 0 Å². The van der Waals surface area contributed by atoms with Crippen LogP contribution < -0.4 is 0 Å². The predicted molar refractivity (Wildman–Crippen MR) is 86.4 cm³/mol. The van der Waals surface area contributed by atoms with Gasteiger partial charge in [0.1, 0.15) is 0 Å². The van der Waals surface area contributed by atoms with Gasteiger partial charge in [-0.05, 0) is 43.4 Å². The molecule has 0 aromatic rings. The fourth-order valence-electron chi connectivity index (χ4n) is 5.78. The molecule has 4 atom stereocenters. The number of carbonyl (C=O) groups excluding carboxylic acids is 1. The maximum absolute atomic E-state index is 12.7. The Morgan fingerprint density at radius 3 is 2.50 bits per heavy atom. The molecule has 0 amide bonds. The number of Topliss-reactive ketones (excluding diaryl/α,β-unsaturated/α-hetero) is 1. The molecular weight excluding hydrogens is 276 g/mol. The van der Waals surface area contributed by atoms with Crippen molar-refractivity contribution in [1.29, 1.82) is 0 Å². The van der Waals surface area contributed by atoms with Crippen LogP contribution in [0.4, 0.5) is 0 Å². The first-order valence-corrected chi connectivity index (χ1v) is 8.45. The first-order valence-electron chi connectivity index (χ1n) is 8.45. The average Bonchev–Trinajstić information content (AvgIpc) is 2.45. The lowest BCUT2D eigenvalue weighted by molar-refractivity contribution is -0.137. The van der Waals surface area contributed by atoms with Gasteiger partial charge >= 0.3 is 0 Å². The van der Waals surface area contributed by atoms with Gasteiger partial charge < -0.3 is 10.2 Å². The molecule has 3 nitrogen and oxygen atoms in total. The van der Waals surface area contributed by atoms with Crippen LogP contribution in [-0.4, -0.2) is 22.1 Å². The number of fused-ring (bicyclic) bond motifs is 3. The van der Waals surface area contributed by atoms with Crippen LogP contribution in [0.1, 0.15) is 59.8 Å². The lowest BCUT2D eigenvalue weighted by Gasteiger charge is -2.61. The molecule has 2 fully saturated rings. The van der Waals surface area contributed by atoms with E-state index in [4.69, 9.17) is 0 Å². The highest BCUT2D eigenvalue weighted by molar-refractivity contribution is 6.00. The van der Waals surface area contributed by atoms with E-state index in [0.29, 0.717) is 12.0 Å². The molecule has 0 spiro atoms. The van der Waals surface area contributed by atoms with Crippen molar-refractivity contribution >= 4 is 5.78 Å². The summed E-state index contributed by atoms with van der Waals surface area (Å²) in [4.78, 5) is 12.7. The summed E-state index contributed by atoms with van der Waals surface area (Å²) in [6.07, 6.45) is 7.23. The summed E-state index contributed by atoms with van der Waals surface area (Å²) in [6.45, 7) is 8.44. The number of rotatable bonds is 0.